The number of rotatable bonds is 2. The van der Waals surface area contributed by atoms with E-state index in [9.17, 15) is 9.59 Å². The van der Waals surface area contributed by atoms with Crippen LogP contribution in [-0.2, 0) is 11.3 Å². The summed E-state index contributed by atoms with van der Waals surface area (Å²) in [5, 5.41) is 3.76. The second-order valence-electron chi connectivity index (χ2n) is 5.47. The summed E-state index contributed by atoms with van der Waals surface area (Å²) in [6.07, 6.45) is 0. The summed E-state index contributed by atoms with van der Waals surface area (Å²) in [5.74, 6) is 0. The van der Waals surface area contributed by atoms with Crippen molar-refractivity contribution in [3.63, 3.8) is 0 Å². The van der Waals surface area contributed by atoms with Crippen molar-refractivity contribution in [1.29, 1.82) is 0 Å². The maximum atomic E-state index is 12.1. The number of hydrogen-bond acceptors (Lipinski definition) is 3. The number of fused-ring (bicyclic) bond motifs is 1. The molecule has 1 aliphatic rings. The highest BCUT2D eigenvalue weighted by Crippen LogP contribution is 2.13. The van der Waals surface area contributed by atoms with Gasteiger partial charge in [0.15, 0.2) is 0 Å². The van der Waals surface area contributed by atoms with Crippen LogP contribution in [0.1, 0.15) is 11.1 Å². The van der Waals surface area contributed by atoms with Gasteiger partial charge in [-0.3, -0.25) is 4.79 Å². The molecule has 6 heteroatoms. The molecule has 0 bridgehead atoms. The lowest BCUT2D eigenvalue weighted by molar-refractivity contribution is 0.0531. The Kier molecular flexibility index (Phi) is 4.11. The largest absolute Gasteiger partial charge is 0.378 e. The molecule has 1 saturated heterocycles. The fourth-order valence-corrected chi connectivity index (χ4v) is 2.54. The van der Waals surface area contributed by atoms with Crippen LogP contribution in [0.15, 0.2) is 29.1 Å². The number of morpholine rings is 1. The normalized spacial score (nSPS) is 15.0. The molecule has 1 aromatic heterocycles. The Labute approximate surface area is 128 Å². The van der Waals surface area contributed by atoms with Crippen LogP contribution in [-0.4, -0.2) is 42.2 Å². The van der Waals surface area contributed by atoms with Crippen LogP contribution >= 0.6 is 0 Å². The van der Waals surface area contributed by atoms with Crippen molar-refractivity contribution in [2.45, 2.75) is 13.5 Å². The number of benzene rings is 1. The van der Waals surface area contributed by atoms with Gasteiger partial charge in [-0.1, -0.05) is 12.1 Å². The molecule has 0 aliphatic carbocycles. The van der Waals surface area contributed by atoms with Gasteiger partial charge < -0.3 is 19.9 Å². The second kappa shape index (κ2) is 6.19. The van der Waals surface area contributed by atoms with Gasteiger partial charge >= 0.3 is 6.03 Å². The van der Waals surface area contributed by atoms with Crippen LogP contribution in [0.2, 0.25) is 0 Å². The summed E-state index contributed by atoms with van der Waals surface area (Å²) in [7, 11) is 0. The number of urea groups is 1. The third-order valence-corrected chi connectivity index (χ3v) is 3.81. The van der Waals surface area contributed by atoms with Crippen molar-refractivity contribution in [3.8, 4) is 0 Å². The first-order valence-electron chi connectivity index (χ1n) is 7.36. The van der Waals surface area contributed by atoms with E-state index in [4.69, 9.17) is 4.74 Å². The third-order valence-electron chi connectivity index (χ3n) is 3.81. The maximum Gasteiger partial charge on any atom is 0.317 e. The molecule has 22 heavy (non-hydrogen) atoms. The number of amides is 2. The van der Waals surface area contributed by atoms with Crippen LogP contribution in [0.4, 0.5) is 4.79 Å². The lowest BCUT2D eigenvalue weighted by Crippen LogP contribution is -2.46. The van der Waals surface area contributed by atoms with Gasteiger partial charge in [-0.05, 0) is 30.0 Å². The molecule has 0 spiro atoms. The molecule has 116 valence electrons. The van der Waals surface area contributed by atoms with E-state index in [1.54, 1.807) is 4.90 Å². The number of aromatic amines is 1. The number of ether oxygens (including phenoxy) is 1. The summed E-state index contributed by atoms with van der Waals surface area (Å²) in [4.78, 5) is 28.7. The Morgan fingerprint density at radius 3 is 2.86 bits per heavy atom. The van der Waals surface area contributed by atoms with Crippen molar-refractivity contribution < 1.29 is 9.53 Å². The molecular formula is C16H19N3O3. The van der Waals surface area contributed by atoms with Crippen LogP contribution in [0, 0.1) is 6.92 Å². The summed E-state index contributed by atoms with van der Waals surface area (Å²) in [5.41, 5.74) is 2.29. The van der Waals surface area contributed by atoms with Gasteiger partial charge in [0.25, 0.3) is 5.56 Å². The molecule has 0 radical (unpaired) electrons. The molecule has 0 unspecified atom stereocenters. The minimum Gasteiger partial charge on any atom is -0.378 e. The van der Waals surface area contributed by atoms with E-state index in [1.165, 1.54) is 0 Å². The van der Waals surface area contributed by atoms with E-state index < -0.39 is 0 Å². The topological polar surface area (TPSA) is 74.4 Å². The first-order chi connectivity index (χ1) is 10.6. The van der Waals surface area contributed by atoms with Gasteiger partial charge in [0.1, 0.15) is 0 Å². The Hall–Kier alpha value is -2.34. The lowest BCUT2D eigenvalue weighted by atomic mass is 10.1. The van der Waals surface area contributed by atoms with E-state index in [-0.39, 0.29) is 18.1 Å². The minimum absolute atomic E-state index is 0.160. The number of aryl methyl sites for hydroxylation is 1. The predicted molar refractivity (Wildman–Crippen MR) is 83.9 cm³/mol. The highest BCUT2D eigenvalue weighted by Gasteiger charge is 2.16. The molecule has 0 atom stereocenters. The van der Waals surface area contributed by atoms with Gasteiger partial charge in [0.05, 0.1) is 13.2 Å². The molecule has 6 nitrogen and oxygen atoms in total. The van der Waals surface area contributed by atoms with Gasteiger partial charge in [-0.25, -0.2) is 4.79 Å². The lowest BCUT2D eigenvalue weighted by Gasteiger charge is -2.26. The van der Waals surface area contributed by atoms with E-state index in [2.05, 4.69) is 10.3 Å². The molecule has 2 heterocycles. The summed E-state index contributed by atoms with van der Waals surface area (Å²) in [6.45, 7) is 4.48. The zero-order valence-corrected chi connectivity index (χ0v) is 12.5. The Morgan fingerprint density at radius 2 is 2.09 bits per heavy atom. The van der Waals surface area contributed by atoms with Crippen LogP contribution < -0.4 is 10.9 Å². The summed E-state index contributed by atoms with van der Waals surface area (Å²) in [6, 6.07) is 7.57. The number of carbonyl (C=O) groups is 1. The van der Waals surface area contributed by atoms with Crippen LogP contribution in [0.25, 0.3) is 10.9 Å². The van der Waals surface area contributed by atoms with Gasteiger partial charge in [-0.2, -0.15) is 0 Å². The molecule has 2 N–H and O–H groups in total. The Morgan fingerprint density at radius 1 is 1.32 bits per heavy atom. The maximum absolute atomic E-state index is 12.1. The monoisotopic (exact) mass is 301 g/mol. The first-order valence-corrected chi connectivity index (χ1v) is 7.36. The summed E-state index contributed by atoms with van der Waals surface area (Å²) >= 11 is 0. The number of carbonyl (C=O) groups excluding carboxylic acids is 1. The predicted octanol–water partition coefficient (Wildman–Crippen LogP) is 1.38. The Bertz CT molecular complexity index is 748. The number of H-pyrrole nitrogens is 1. The van der Waals surface area contributed by atoms with Crippen molar-refractivity contribution in [2.75, 3.05) is 26.3 Å². The van der Waals surface area contributed by atoms with E-state index in [0.717, 1.165) is 16.5 Å². The molecule has 1 aliphatic heterocycles. The van der Waals surface area contributed by atoms with Crippen LogP contribution in [0.3, 0.4) is 0 Å². The highest BCUT2D eigenvalue weighted by molar-refractivity contribution is 5.80. The van der Waals surface area contributed by atoms with Gasteiger partial charge in [0.2, 0.25) is 0 Å². The van der Waals surface area contributed by atoms with Crippen LogP contribution in [0.5, 0.6) is 0 Å². The molecule has 2 aromatic rings. The average Bonchev–Trinajstić information content (AvgIpc) is 2.53. The fraction of sp³-hybridized carbons (Fsp3) is 0.375. The molecular weight excluding hydrogens is 282 g/mol. The fourth-order valence-electron chi connectivity index (χ4n) is 2.54. The standard InChI is InChI=1S/C16H19N3O3/c1-11-2-3-12-9-13(15(20)18-14(12)8-11)10-17-16(21)19-4-6-22-7-5-19/h2-3,8-9H,4-7,10H2,1H3,(H,17,21)(H,18,20). The summed E-state index contributed by atoms with van der Waals surface area (Å²) < 4.78 is 5.21. The molecule has 1 fully saturated rings. The number of aromatic nitrogens is 1. The zero-order chi connectivity index (χ0) is 15.5. The second-order valence-corrected chi connectivity index (χ2v) is 5.47. The quantitative estimate of drug-likeness (QED) is 0.880. The van der Waals surface area contributed by atoms with E-state index >= 15 is 0 Å². The van der Waals surface area contributed by atoms with E-state index in [0.29, 0.717) is 31.9 Å². The minimum atomic E-state index is -0.166. The number of nitrogens with zero attached hydrogens (tertiary/aromatic N) is 1. The average molecular weight is 301 g/mol. The van der Waals surface area contributed by atoms with Crippen molar-refractivity contribution in [1.82, 2.24) is 15.2 Å². The van der Waals surface area contributed by atoms with E-state index in [1.807, 2.05) is 31.2 Å². The molecule has 0 saturated carbocycles. The zero-order valence-electron chi connectivity index (χ0n) is 12.5. The van der Waals surface area contributed by atoms with Crippen molar-refractivity contribution in [2.24, 2.45) is 0 Å². The Balaban J connectivity index is 1.73. The van der Waals surface area contributed by atoms with Crippen molar-refractivity contribution in [3.05, 3.63) is 45.7 Å². The van der Waals surface area contributed by atoms with Crippen molar-refractivity contribution >= 4 is 16.9 Å². The smallest absolute Gasteiger partial charge is 0.317 e. The molecule has 1 aromatic carbocycles. The SMILES string of the molecule is Cc1ccc2cc(CNC(=O)N3CCOCC3)c(=O)[nH]c2c1. The first kappa shape index (κ1) is 14.6. The number of pyridine rings is 1. The van der Waals surface area contributed by atoms with Gasteiger partial charge in [0, 0.05) is 30.7 Å². The molecule has 2 amide bonds. The molecule has 3 rings (SSSR count). The number of nitrogens with one attached hydrogen (secondary N) is 2. The third kappa shape index (κ3) is 3.12. The van der Waals surface area contributed by atoms with Gasteiger partial charge in [-0.15, -0.1) is 0 Å². The highest BCUT2D eigenvalue weighted by atomic mass is 16.5. The number of hydrogen-bond donors (Lipinski definition) is 2.